The van der Waals surface area contributed by atoms with Crippen LogP contribution < -0.4 is 5.82 Å². The molecule has 3 aromatic carbocycles. The van der Waals surface area contributed by atoms with E-state index in [0.29, 0.717) is 27.9 Å². The van der Waals surface area contributed by atoms with Crippen LogP contribution in [0, 0.1) is 0 Å². The van der Waals surface area contributed by atoms with Crippen LogP contribution in [0.2, 0.25) is 0 Å². The van der Waals surface area contributed by atoms with E-state index in [4.69, 9.17) is 13.6 Å². The van der Waals surface area contributed by atoms with Gasteiger partial charge in [0.05, 0.1) is 12.2 Å². The highest BCUT2D eigenvalue weighted by Crippen LogP contribution is 2.39. The zero-order chi connectivity index (χ0) is 18.8. The molecule has 5 nitrogen and oxygen atoms in total. The summed E-state index contributed by atoms with van der Waals surface area (Å²) in [4.78, 5) is 24.2. The van der Waals surface area contributed by atoms with Crippen molar-refractivity contribution in [1.29, 1.82) is 0 Å². The van der Waals surface area contributed by atoms with Crippen LogP contribution in [0.3, 0.4) is 0 Å². The molecule has 0 saturated carbocycles. The van der Waals surface area contributed by atoms with Gasteiger partial charge in [-0.1, -0.05) is 48.5 Å². The number of hydrogen-bond donors (Lipinski definition) is 0. The number of fused-ring (bicyclic) bond motifs is 1. The highest BCUT2D eigenvalue weighted by molar-refractivity contribution is 6.06. The Labute approximate surface area is 154 Å². The van der Waals surface area contributed by atoms with Gasteiger partial charge in [-0.2, -0.15) is 0 Å². The summed E-state index contributed by atoms with van der Waals surface area (Å²) in [7, 11) is 0. The Morgan fingerprint density at radius 2 is 1.63 bits per heavy atom. The number of ether oxygens (including phenoxy) is 1. The Bertz CT molecular complexity index is 1170. The lowest BCUT2D eigenvalue weighted by Gasteiger charge is -2.13. The van der Waals surface area contributed by atoms with Crippen molar-refractivity contribution in [2.24, 2.45) is 0 Å². The molecule has 0 aliphatic heterocycles. The molecule has 27 heavy (non-hydrogen) atoms. The minimum absolute atomic E-state index is 0.268. The van der Waals surface area contributed by atoms with Gasteiger partial charge in [0.2, 0.25) is 0 Å². The maximum Gasteiger partial charge on any atom is 0.519 e. The van der Waals surface area contributed by atoms with Crippen LogP contribution in [0.15, 0.2) is 80.4 Å². The number of carbonyl (C=O) groups is 1. The maximum absolute atomic E-state index is 12.5. The third-order valence-electron chi connectivity index (χ3n) is 4.28. The van der Waals surface area contributed by atoms with Gasteiger partial charge in [0.15, 0.2) is 11.2 Å². The molecule has 0 spiro atoms. The minimum Gasteiger partial charge on any atom is -0.462 e. The van der Waals surface area contributed by atoms with E-state index in [1.54, 1.807) is 31.2 Å². The van der Waals surface area contributed by atoms with Crippen molar-refractivity contribution in [3.63, 3.8) is 0 Å². The number of hydrogen-bond acceptors (Lipinski definition) is 5. The molecule has 0 bridgehead atoms. The minimum atomic E-state index is -0.787. The zero-order valence-corrected chi connectivity index (χ0v) is 14.6. The van der Waals surface area contributed by atoms with E-state index in [1.165, 1.54) is 0 Å². The van der Waals surface area contributed by atoms with Crippen molar-refractivity contribution < 1.29 is 18.4 Å². The highest BCUT2D eigenvalue weighted by atomic mass is 16.6. The van der Waals surface area contributed by atoms with Crippen LogP contribution in [0.5, 0.6) is 0 Å². The van der Waals surface area contributed by atoms with Gasteiger partial charge < -0.3 is 13.6 Å². The molecule has 0 aliphatic carbocycles. The lowest BCUT2D eigenvalue weighted by molar-refractivity contribution is 0.0527. The summed E-state index contributed by atoms with van der Waals surface area (Å²) in [6, 6.07) is 20.3. The molecule has 0 atom stereocenters. The third-order valence-corrected chi connectivity index (χ3v) is 4.28. The molecule has 0 aliphatic rings. The van der Waals surface area contributed by atoms with Gasteiger partial charge in [-0.15, -0.1) is 0 Å². The predicted octanol–water partition coefficient (Wildman–Crippen LogP) is 4.90. The quantitative estimate of drug-likeness (QED) is 0.484. The van der Waals surface area contributed by atoms with Crippen LogP contribution >= 0.6 is 0 Å². The molecule has 0 amide bonds. The molecular weight excluding hydrogens is 344 g/mol. The van der Waals surface area contributed by atoms with Crippen molar-refractivity contribution in [3.8, 4) is 22.3 Å². The summed E-state index contributed by atoms with van der Waals surface area (Å²) in [6.45, 7) is 2.02. The molecule has 134 valence electrons. The predicted molar refractivity (Wildman–Crippen MR) is 102 cm³/mol. The molecule has 5 heteroatoms. The van der Waals surface area contributed by atoms with Gasteiger partial charge in [0, 0.05) is 11.1 Å². The van der Waals surface area contributed by atoms with E-state index >= 15 is 0 Å². The molecule has 0 fully saturated rings. The van der Waals surface area contributed by atoms with Gasteiger partial charge in [-0.3, -0.25) is 0 Å². The first kappa shape index (κ1) is 16.8. The smallest absolute Gasteiger partial charge is 0.462 e. The zero-order valence-electron chi connectivity index (χ0n) is 14.6. The van der Waals surface area contributed by atoms with Crippen molar-refractivity contribution in [3.05, 3.63) is 82.9 Å². The molecular formula is C22H16O5. The molecule has 0 saturated heterocycles. The van der Waals surface area contributed by atoms with Crippen LogP contribution in [-0.2, 0) is 4.74 Å². The van der Waals surface area contributed by atoms with Crippen molar-refractivity contribution in [2.45, 2.75) is 6.92 Å². The second kappa shape index (κ2) is 6.96. The summed E-state index contributed by atoms with van der Waals surface area (Å²) in [5, 5.41) is 0. The molecule has 4 aromatic rings. The normalized spacial score (nSPS) is 10.9. The van der Waals surface area contributed by atoms with Gasteiger partial charge in [0.25, 0.3) is 0 Å². The van der Waals surface area contributed by atoms with Crippen molar-refractivity contribution in [2.75, 3.05) is 6.61 Å². The molecule has 0 radical (unpaired) electrons. The highest BCUT2D eigenvalue weighted by Gasteiger charge is 2.22. The number of benzene rings is 3. The van der Waals surface area contributed by atoms with E-state index in [1.807, 2.05) is 42.5 Å². The van der Waals surface area contributed by atoms with Crippen molar-refractivity contribution >= 4 is 17.1 Å². The maximum atomic E-state index is 12.5. The largest absolute Gasteiger partial charge is 0.519 e. The van der Waals surface area contributed by atoms with E-state index in [0.717, 1.165) is 11.1 Å². The van der Waals surface area contributed by atoms with Gasteiger partial charge in [0.1, 0.15) is 0 Å². The van der Waals surface area contributed by atoms with E-state index < -0.39 is 11.8 Å². The molecule has 0 N–H and O–H groups in total. The van der Waals surface area contributed by atoms with Crippen LogP contribution in [0.4, 0.5) is 0 Å². The fraction of sp³-hybridized carbons (Fsp3) is 0.0909. The SMILES string of the molecule is CCOC(=O)c1ccccc1-c1c(-c2ccccc2)ccc2oc(=O)oc12. The molecule has 4 rings (SSSR count). The fourth-order valence-electron chi connectivity index (χ4n) is 3.15. The fourth-order valence-corrected chi connectivity index (χ4v) is 3.15. The first-order valence-corrected chi connectivity index (χ1v) is 8.57. The number of rotatable bonds is 4. The lowest BCUT2D eigenvalue weighted by Crippen LogP contribution is -2.06. The van der Waals surface area contributed by atoms with Gasteiger partial charge >= 0.3 is 11.8 Å². The van der Waals surface area contributed by atoms with Crippen molar-refractivity contribution in [1.82, 2.24) is 0 Å². The number of carbonyl (C=O) groups excluding carboxylic acids is 1. The number of esters is 1. The molecule has 1 aromatic heterocycles. The Morgan fingerprint density at radius 3 is 2.41 bits per heavy atom. The lowest BCUT2D eigenvalue weighted by atomic mass is 9.91. The summed E-state index contributed by atoms with van der Waals surface area (Å²) in [5.74, 6) is -1.22. The monoisotopic (exact) mass is 360 g/mol. The van der Waals surface area contributed by atoms with E-state index in [9.17, 15) is 9.59 Å². The van der Waals surface area contributed by atoms with E-state index in [2.05, 4.69) is 0 Å². The Balaban J connectivity index is 2.07. The Kier molecular flexibility index (Phi) is 4.34. The average molecular weight is 360 g/mol. The van der Waals surface area contributed by atoms with Crippen LogP contribution in [0.25, 0.3) is 33.4 Å². The molecule has 0 unspecified atom stereocenters. The second-order valence-corrected chi connectivity index (χ2v) is 5.90. The average Bonchev–Trinajstić information content (AvgIpc) is 3.08. The van der Waals surface area contributed by atoms with E-state index in [-0.39, 0.29) is 6.61 Å². The van der Waals surface area contributed by atoms with Crippen LogP contribution in [0.1, 0.15) is 17.3 Å². The van der Waals surface area contributed by atoms with Gasteiger partial charge in [-0.05, 0) is 36.2 Å². The Morgan fingerprint density at radius 1 is 0.889 bits per heavy atom. The first-order chi connectivity index (χ1) is 13.2. The van der Waals surface area contributed by atoms with Gasteiger partial charge in [-0.25, -0.2) is 9.59 Å². The summed E-state index contributed by atoms with van der Waals surface area (Å²) < 4.78 is 15.7. The Hall–Kier alpha value is -3.60. The molecule has 1 heterocycles. The van der Waals surface area contributed by atoms with Crippen LogP contribution in [-0.4, -0.2) is 12.6 Å². The topological polar surface area (TPSA) is 69.7 Å². The first-order valence-electron chi connectivity index (χ1n) is 8.57. The summed E-state index contributed by atoms with van der Waals surface area (Å²) >= 11 is 0. The standard InChI is InChI=1S/C22H16O5/c1-2-25-21(23)17-11-7-6-10-16(17)19-15(14-8-4-3-5-9-14)12-13-18-20(19)27-22(24)26-18/h3-13H,2H2,1H3. The summed E-state index contributed by atoms with van der Waals surface area (Å²) in [5.41, 5.74) is 4.01. The second-order valence-electron chi connectivity index (χ2n) is 5.90. The third kappa shape index (κ3) is 3.04. The summed E-state index contributed by atoms with van der Waals surface area (Å²) in [6.07, 6.45) is 0.